The molecular formula is C20H27N5O2. The molecule has 1 spiro atoms. The lowest BCUT2D eigenvalue weighted by Crippen LogP contribution is -2.60. The molecule has 0 bridgehead atoms. The molecule has 2 aliphatic rings. The first-order valence-electron chi connectivity index (χ1n) is 9.58. The molecule has 1 amide bonds. The molecule has 0 N–H and O–H groups in total. The normalized spacial score (nSPS) is 25.1. The van der Waals surface area contributed by atoms with E-state index in [1.807, 2.05) is 36.5 Å². The molecule has 7 nitrogen and oxygen atoms in total. The van der Waals surface area contributed by atoms with Crippen molar-refractivity contribution in [2.75, 3.05) is 40.3 Å². The van der Waals surface area contributed by atoms with Crippen LogP contribution in [0.25, 0.3) is 11.6 Å². The summed E-state index contributed by atoms with van der Waals surface area (Å²) >= 11 is 0. The maximum atomic E-state index is 12.1. The Morgan fingerprint density at radius 2 is 1.96 bits per heavy atom. The molecule has 0 saturated carbocycles. The van der Waals surface area contributed by atoms with Crippen molar-refractivity contribution >= 4 is 5.91 Å². The van der Waals surface area contributed by atoms with Crippen LogP contribution in [-0.4, -0.2) is 76.4 Å². The van der Waals surface area contributed by atoms with Crippen LogP contribution in [-0.2, 0) is 11.3 Å². The van der Waals surface area contributed by atoms with E-state index in [-0.39, 0.29) is 11.4 Å². The fourth-order valence-electron chi connectivity index (χ4n) is 4.20. The van der Waals surface area contributed by atoms with Gasteiger partial charge in [0.15, 0.2) is 11.6 Å². The molecule has 1 atom stereocenters. The highest BCUT2D eigenvalue weighted by atomic mass is 16.3. The first-order chi connectivity index (χ1) is 13.1. The maximum Gasteiger partial charge on any atom is 0.222 e. The summed E-state index contributed by atoms with van der Waals surface area (Å²) < 4.78 is 5.35. The molecule has 2 saturated heterocycles. The van der Waals surface area contributed by atoms with E-state index in [9.17, 15) is 4.79 Å². The largest absolute Gasteiger partial charge is 0.461 e. The number of likely N-dealkylation sites (N-methyl/N-ethyl adjacent to an activating group) is 1. The minimum Gasteiger partial charge on any atom is -0.461 e. The fraction of sp³-hybridized carbons (Fsp3) is 0.550. The second kappa shape index (κ2) is 7.40. The summed E-state index contributed by atoms with van der Waals surface area (Å²) in [5.41, 5.74) is 1.18. The van der Waals surface area contributed by atoms with Gasteiger partial charge >= 0.3 is 0 Å². The molecule has 27 heavy (non-hydrogen) atoms. The second-order valence-corrected chi connectivity index (χ2v) is 7.81. The summed E-state index contributed by atoms with van der Waals surface area (Å²) in [5.74, 6) is 1.57. The summed E-state index contributed by atoms with van der Waals surface area (Å²) in [7, 11) is 4.12. The van der Waals surface area contributed by atoms with Gasteiger partial charge in [-0.1, -0.05) is 0 Å². The number of piperazine rings is 1. The third kappa shape index (κ3) is 3.75. The lowest BCUT2D eigenvalue weighted by atomic mass is 9.86. The number of rotatable bonds is 3. The van der Waals surface area contributed by atoms with Crippen LogP contribution in [0.5, 0.6) is 0 Å². The summed E-state index contributed by atoms with van der Waals surface area (Å²) in [6.07, 6.45) is 7.99. The quantitative estimate of drug-likeness (QED) is 0.823. The van der Waals surface area contributed by atoms with Gasteiger partial charge in [-0.3, -0.25) is 14.6 Å². The number of carbonyl (C=O) groups is 1. The lowest BCUT2D eigenvalue weighted by molar-refractivity contribution is -0.129. The minimum atomic E-state index is 0.0770. The summed E-state index contributed by atoms with van der Waals surface area (Å²) in [4.78, 5) is 27.8. The van der Waals surface area contributed by atoms with Crippen molar-refractivity contribution in [2.45, 2.75) is 31.3 Å². The van der Waals surface area contributed by atoms with Crippen LogP contribution in [0.15, 0.2) is 35.2 Å². The SMILES string of the molecule is CN1CC[C@@]2(CCC1=O)CN(Cc1cnc(-c3ccco3)nc1)CCN2C. The second-order valence-electron chi connectivity index (χ2n) is 7.81. The van der Waals surface area contributed by atoms with Gasteiger partial charge in [-0.25, -0.2) is 9.97 Å². The average Bonchev–Trinajstić information content (AvgIpc) is 3.18. The van der Waals surface area contributed by atoms with E-state index < -0.39 is 0 Å². The van der Waals surface area contributed by atoms with Gasteiger partial charge in [0.05, 0.1) is 6.26 Å². The van der Waals surface area contributed by atoms with E-state index in [1.54, 1.807) is 6.26 Å². The molecule has 0 unspecified atom stereocenters. The van der Waals surface area contributed by atoms with Crippen molar-refractivity contribution in [3.63, 3.8) is 0 Å². The molecule has 4 heterocycles. The van der Waals surface area contributed by atoms with Crippen molar-refractivity contribution in [3.05, 3.63) is 36.4 Å². The topological polar surface area (TPSA) is 65.7 Å². The van der Waals surface area contributed by atoms with Crippen LogP contribution in [0, 0.1) is 0 Å². The van der Waals surface area contributed by atoms with Gasteiger partial charge in [0.25, 0.3) is 0 Å². The monoisotopic (exact) mass is 369 g/mol. The van der Waals surface area contributed by atoms with Crippen molar-refractivity contribution in [1.29, 1.82) is 0 Å². The van der Waals surface area contributed by atoms with Crippen LogP contribution < -0.4 is 0 Å². The molecule has 2 aromatic heterocycles. The summed E-state index contributed by atoms with van der Waals surface area (Å²) in [6, 6.07) is 3.70. The van der Waals surface area contributed by atoms with Crippen LogP contribution in [0.2, 0.25) is 0 Å². The van der Waals surface area contributed by atoms with Crippen LogP contribution in [0.1, 0.15) is 24.8 Å². The van der Waals surface area contributed by atoms with E-state index in [4.69, 9.17) is 4.42 Å². The van der Waals surface area contributed by atoms with Gasteiger partial charge in [-0.2, -0.15) is 0 Å². The van der Waals surface area contributed by atoms with Gasteiger partial charge in [0, 0.05) is 69.7 Å². The maximum absolute atomic E-state index is 12.1. The number of likely N-dealkylation sites (tertiary alicyclic amines) is 1. The Labute approximate surface area is 160 Å². The number of carbonyl (C=O) groups excluding carboxylic acids is 1. The Morgan fingerprint density at radius 1 is 1.15 bits per heavy atom. The molecule has 7 heteroatoms. The molecule has 0 radical (unpaired) electrons. The first kappa shape index (κ1) is 18.1. The Bertz CT molecular complexity index is 776. The van der Waals surface area contributed by atoms with Crippen LogP contribution in [0.4, 0.5) is 0 Å². The highest BCUT2D eigenvalue weighted by molar-refractivity contribution is 5.76. The standard InChI is InChI=1S/C20H27N5O2/c1-23-8-7-20(6-5-18(23)26)15-25(10-9-24(20)2)14-16-12-21-19(22-13-16)17-4-3-11-27-17/h3-4,11-13H,5-10,14-15H2,1-2H3/t20-/m0/s1. The average molecular weight is 369 g/mol. The molecule has 0 aliphatic carbocycles. The van der Waals surface area contributed by atoms with Crippen molar-refractivity contribution in [2.24, 2.45) is 0 Å². The molecule has 4 rings (SSSR count). The Hall–Kier alpha value is -2.25. The summed E-state index contributed by atoms with van der Waals surface area (Å²) in [6.45, 7) is 4.67. The molecule has 2 aromatic rings. The van der Waals surface area contributed by atoms with E-state index in [0.717, 1.165) is 51.1 Å². The van der Waals surface area contributed by atoms with Crippen molar-refractivity contribution < 1.29 is 9.21 Å². The zero-order chi connectivity index (χ0) is 18.9. The predicted molar refractivity (Wildman–Crippen MR) is 102 cm³/mol. The van der Waals surface area contributed by atoms with Gasteiger partial charge in [-0.15, -0.1) is 0 Å². The van der Waals surface area contributed by atoms with Crippen molar-refractivity contribution in [1.82, 2.24) is 24.7 Å². The zero-order valence-electron chi connectivity index (χ0n) is 16.1. The van der Waals surface area contributed by atoms with E-state index in [0.29, 0.717) is 18.0 Å². The number of hydrogen-bond acceptors (Lipinski definition) is 6. The molecule has 2 fully saturated rings. The van der Waals surface area contributed by atoms with Gasteiger partial charge in [0.2, 0.25) is 5.91 Å². The first-order valence-corrected chi connectivity index (χ1v) is 9.58. The van der Waals surface area contributed by atoms with Crippen molar-refractivity contribution in [3.8, 4) is 11.6 Å². The molecule has 0 aromatic carbocycles. The molecular weight excluding hydrogens is 342 g/mol. The third-order valence-electron chi connectivity index (χ3n) is 6.07. The highest BCUT2D eigenvalue weighted by Crippen LogP contribution is 2.32. The summed E-state index contributed by atoms with van der Waals surface area (Å²) in [5, 5.41) is 0. The predicted octanol–water partition coefficient (Wildman–Crippen LogP) is 1.87. The molecule has 144 valence electrons. The van der Waals surface area contributed by atoms with Crippen LogP contribution in [0.3, 0.4) is 0 Å². The van der Waals surface area contributed by atoms with E-state index in [1.165, 1.54) is 0 Å². The third-order valence-corrected chi connectivity index (χ3v) is 6.07. The smallest absolute Gasteiger partial charge is 0.222 e. The zero-order valence-corrected chi connectivity index (χ0v) is 16.1. The van der Waals surface area contributed by atoms with Gasteiger partial charge in [-0.05, 0) is 32.0 Å². The minimum absolute atomic E-state index is 0.0770. The highest BCUT2D eigenvalue weighted by Gasteiger charge is 2.41. The number of aromatic nitrogens is 2. The lowest BCUT2D eigenvalue weighted by Gasteiger charge is -2.49. The molecule has 2 aliphatic heterocycles. The Morgan fingerprint density at radius 3 is 2.70 bits per heavy atom. The number of furan rings is 1. The number of nitrogens with zero attached hydrogens (tertiary/aromatic N) is 5. The van der Waals surface area contributed by atoms with Gasteiger partial charge < -0.3 is 9.32 Å². The number of hydrogen-bond donors (Lipinski definition) is 0. The van der Waals surface area contributed by atoms with E-state index >= 15 is 0 Å². The van der Waals surface area contributed by atoms with Crippen LogP contribution >= 0.6 is 0 Å². The van der Waals surface area contributed by atoms with Gasteiger partial charge in [0.1, 0.15) is 0 Å². The fourth-order valence-corrected chi connectivity index (χ4v) is 4.20. The number of amides is 1. The van der Waals surface area contributed by atoms with E-state index in [2.05, 4.69) is 26.8 Å². The Balaban J connectivity index is 1.44. The Kier molecular flexibility index (Phi) is 4.97.